The number of methoxy groups -OCH3 is 1. The van der Waals surface area contributed by atoms with Gasteiger partial charge in [0.15, 0.2) is 0 Å². The monoisotopic (exact) mass is 270 g/mol. The van der Waals surface area contributed by atoms with Gasteiger partial charge in [-0.25, -0.2) is 0 Å². The first kappa shape index (κ1) is 12.8. The molecule has 17 heavy (non-hydrogen) atoms. The Morgan fingerprint density at radius 3 is 2.65 bits per heavy atom. The van der Waals surface area contributed by atoms with Crippen molar-refractivity contribution in [1.29, 1.82) is 0 Å². The van der Waals surface area contributed by atoms with E-state index in [-0.39, 0.29) is 11.2 Å². The molecule has 1 aliphatic rings. The number of rotatable bonds is 5. The van der Waals surface area contributed by atoms with Crippen LogP contribution in [-0.2, 0) is 15.3 Å². The Morgan fingerprint density at radius 1 is 1.47 bits per heavy atom. The normalized spacial score (nSPS) is 16.6. The molecule has 1 unspecified atom stereocenters. The molecule has 0 heterocycles. The molecule has 1 aliphatic carbocycles. The van der Waals surface area contributed by atoms with Crippen molar-refractivity contribution in [3.8, 4) is 0 Å². The largest absolute Gasteiger partial charge is 0.468 e. The van der Waals surface area contributed by atoms with Crippen LogP contribution < -0.4 is 0 Å². The standard InChI is InChI=1S/C13H15ClO2S/c1-16-13(15)12(10-4-5-10)17-8-9-2-6-11(14)7-3-9/h2-3,6-7,10,12H,4-5,8H2,1H3. The SMILES string of the molecule is COC(=O)C(SCc1ccc(Cl)cc1)C1CC1. The summed E-state index contributed by atoms with van der Waals surface area (Å²) < 4.78 is 4.84. The molecule has 2 rings (SSSR count). The lowest BCUT2D eigenvalue weighted by Gasteiger charge is -2.13. The van der Waals surface area contributed by atoms with Crippen LogP contribution in [0.25, 0.3) is 0 Å². The van der Waals surface area contributed by atoms with E-state index in [1.165, 1.54) is 12.7 Å². The van der Waals surface area contributed by atoms with Crippen molar-refractivity contribution in [3.05, 3.63) is 34.9 Å². The summed E-state index contributed by atoms with van der Waals surface area (Å²) in [4.78, 5) is 11.6. The maximum atomic E-state index is 11.6. The number of hydrogen-bond donors (Lipinski definition) is 0. The van der Waals surface area contributed by atoms with E-state index in [1.54, 1.807) is 11.8 Å². The van der Waals surface area contributed by atoms with Gasteiger partial charge in [0.2, 0.25) is 0 Å². The second kappa shape index (κ2) is 5.78. The van der Waals surface area contributed by atoms with E-state index in [1.807, 2.05) is 24.3 Å². The fourth-order valence-electron chi connectivity index (χ4n) is 1.68. The van der Waals surface area contributed by atoms with E-state index in [2.05, 4.69) is 0 Å². The van der Waals surface area contributed by atoms with Crippen molar-refractivity contribution in [2.45, 2.75) is 23.8 Å². The molecular weight excluding hydrogens is 256 g/mol. The van der Waals surface area contributed by atoms with Crippen molar-refractivity contribution >= 4 is 29.3 Å². The van der Waals surface area contributed by atoms with Crippen molar-refractivity contribution < 1.29 is 9.53 Å². The molecule has 0 aromatic heterocycles. The highest BCUT2D eigenvalue weighted by atomic mass is 35.5. The zero-order valence-electron chi connectivity index (χ0n) is 9.69. The summed E-state index contributed by atoms with van der Waals surface area (Å²) >= 11 is 7.49. The molecule has 0 radical (unpaired) electrons. The maximum Gasteiger partial charge on any atom is 0.319 e. The molecule has 1 fully saturated rings. The summed E-state index contributed by atoms with van der Waals surface area (Å²) in [7, 11) is 1.46. The van der Waals surface area contributed by atoms with Crippen LogP contribution in [0.3, 0.4) is 0 Å². The molecule has 0 N–H and O–H groups in total. The Labute approximate surface area is 111 Å². The van der Waals surface area contributed by atoms with E-state index >= 15 is 0 Å². The summed E-state index contributed by atoms with van der Waals surface area (Å²) in [6.07, 6.45) is 2.29. The Kier molecular flexibility index (Phi) is 4.35. The molecule has 0 aliphatic heterocycles. The second-order valence-corrected chi connectivity index (χ2v) is 5.78. The summed E-state index contributed by atoms with van der Waals surface area (Å²) in [6, 6.07) is 7.75. The van der Waals surface area contributed by atoms with Crippen LogP contribution in [0.2, 0.25) is 5.02 Å². The van der Waals surface area contributed by atoms with Gasteiger partial charge in [0.25, 0.3) is 0 Å². The van der Waals surface area contributed by atoms with Gasteiger partial charge in [-0.1, -0.05) is 23.7 Å². The minimum absolute atomic E-state index is 0.00400. The Morgan fingerprint density at radius 2 is 2.12 bits per heavy atom. The molecule has 4 heteroatoms. The Balaban J connectivity index is 1.90. The molecule has 0 saturated heterocycles. The predicted octanol–water partition coefficient (Wildman–Crippen LogP) is 3.52. The minimum Gasteiger partial charge on any atom is -0.468 e. The lowest BCUT2D eigenvalue weighted by atomic mass is 10.2. The molecule has 1 aromatic rings. The highest BCUT2D eigenvalue weighted by molar-refractivity contribution is 7.99. The highest BCUT2D eigenvalue weighted by Gasteiger charge is 2.37. The third-order valence-electron chi connectivity index (χ3n) is 2.83. The van der Waals surface area contributed by atoms with Crippen molar-refractivity contribution in [2.24, 2.45) is 5.92 Å². The molecular formula is C13H15ClO2S. The number of carbonyl (C=O) groups excluding carboxylic acids is 1. The third-order valence-corrected chi connectivity index (χ3v) is 4.51. The number of thioether (sulfide) groups is 1. The zero-order valence-corrected chi connectivity index (χ0v) is 11.3. The lowest BCUT2D eigenvalue weighted by Crippen LogP contribution is -2.21. The number of hydrogen-bond acceptors (Lipinski definition) is 3. The average molecular weight is 271 g/mol. The Bertz CT molecular complexity index is 387. The van der Waals surface area contributed by atoms with Gasteiger partial charge in [0.1, 0.15) is 5.25 Å². The van der Waals surface area contributed by atoms with E-state index in [4.69, 9.17) is 16.3 Å². The molecule has 2 nitrogen and oxygen atoms in total. The van der Waals surface area contributed by atoms with Crippen LogP contribution in [-0.4, -0.2) is 18.3 Å². The first-order chi connectivity index (χ1) is 8.20. The van der Waals surface area contributed by atoms with Gasteiger partial charge in [-0.2, -0.15) is 0 Å². The smallest absolute Gasteiger partial charge is 0.319 e. The van der Waals surface area contributed by atoms with E-state index in [0.717, 1.165) is 23.6 Å². The maximum absolute atomic E-state index is 11.6. The quantitative estimate of drug-likeness (QED) is 0.766. The molecule has 0 spiro atoms. The highest BCUT2D eigenvalue weighted by Crippen LogP contribution is 2.40. The summed E-state index contributed by atoms with van der Waals surface area (Å²) in [5.41, 5.74) is 1.19. The van der Waals surface area contributed by atoms with Gasteiger partial charge in [0, 0.05) is 10.8 Å². The van der Waals surface area contributed by atoms with Gasteiger partial charge >= 0.3 is 5.97 Å². The molecule has 92 valence electrons. The van der Waals surface area contributed by atoms with Crippen LogP contribution >= 0.6 is 23.4 Å². The van der Waals surface area contributed by atoms with Crippen LogP contribution in [0.4, 0.5) is 0 Å². The first-order valence-corrected chi connectivity index (χ1v) is 7.07. The number of ether oxygens (including phenoxy) is 1. The Hall–Kier alpha value is -0.670. The van der Waals surface area contributed by atoms with Gasteiger partial charge < -0.3 is 4.74 Å². The predicted molar refractivity (Wildman–Crippen MR) is 71.3 cm³/mol. The number of carbonyl (C=O) groups is 1. The van der Waals surface area contributed by atoms with Crippen LogP contribution in [0, 0.1) is 5.92 Å². The van der Waals surface area contributed by atoms with Crippen molar-refractivity contribution in [1.82, 2.24) is 0 Å². The van der Waals surface area contributed by atoms with Gasteiger partial charge in [-0.05, 0) is 36.5 Å². The fourth-order valence-corrected chi connectivity index (χ4v) is 3.15. The van der Waals surface area contributed by atoms with Crippen molar-refractivity contribution in [2.75, 3.05) is 7.11 Å². The summed E-state index contributed by atoms with van der Waals surface area (Å²) in [5, 5.41) is 0.737. The van der Waals surface area contributed by atoms with Gasteiger partial charge in [-0.3, -0.25) is 4.79 Å². The molecule has 1 atom stereocenters. The third kappa shape index (κ3) is 3.65. The van der Waals surface area contributed by atoms with Gasteiger partial charge in [0.05, 0.1) is 7.11 Å². The van der Waals surface area contributed by atoms with Crippen LogP contribution in [0.5, 0.6) is 0 Å². The van der Waals surface area contributed by atoms with E-state index in [0.29, 0.717) is 5.92 Å². The fraction of sp³-hybridized carbons (Fsp3) is 0.462. The van der Waals surface area contributed by atoms with E-state index in [9.17, 15) is 4.79 Å². The van der Waals surface area contributed by atoms with Gasteiger partial charge in [-0.15, -0.1) is 11.8 Å². The second-order valence-electron chi connectivity index (χ2n) is 4.22. The van der Waals surface area contributed by atoms with Crippen molar-refractivity contribution in [3.63, 3.8) is 0 Å². The number of halogens is 1. The number of benzene rings is 1. The lowest BCUT2D eigenvalue weighted by molar-refractivity contribution is -0.140. The van der Waals surface area contributed by atoms with E-state index < -0.39 is 0 Å². The average Bonchev–Trinajstić information content (AvgIpc) is 3.16. The zero-order chi connectivity index (χ0) is 12.3. The molecule has 0 bridgehead atoms. The topological polar surface area (TPSA) is 26.3 Å². The minimum atomic E-state index is -0.0912. The molecule has 1 saturated carbocycles. The van der Waals surface area contributed by atoms with Crippen LogP contribution in [0.15, 0.2) is 24.3 Å². The number of esters is 1. The van der Waals surface area contributed by atoms with Crippen LogP contribution in [0.1, 0.15) is 18.4 Å². The summed E-state index contributed by atoms with van der Waals surface area (Å²) in [6.45, 7) is 0. The molecule has 1 aromatic carbocycles. The first-order valence-electron chi connectivity index (χ1n) is 5.64. The molecule has 0 amide bonds. The summed E-state index contributed by atoms with van der Waals surface area (Å²) in [5.74, 6) is 1.25.